The molecule has 7 heteroatoms. The van der Waals surface area contributed by atoms with Crippen LogP contribution in [0, 0.1) is 3.57 Å². The Balaban J connectivity index is 2.62. The van der Waals surface area contributed by atoms with E-state index in [2.05, 4.69) is 48.6 Å². The van der Waals surface area contributed by atoms with Crippen LogP contribution in [0.25, 0.3) is 0 Å². The van der Waals surface area contributed by atoms with Crippen LogP contribution >= 0.6 is 38.5 Å². The molecule has 0 atom stereocenters. The van der Waals surface area contributed by atoms with E-state index in [-0.39, 0.29) is 11.8 Å². The number of nitrogens with one attached hydrogen (secondary N) is 2. The van der Waals surface area contributed by atoms with Crippen molar-refractivity contribution in [3.8, 4) is 0 Å². The van der Waals surface area contributed by atoms with Crippen molar-refractivity contribution in [2.75, 3.05) is 17.0 Å². The van der Waals surface area contributed by atoms with E-state index in [1.165, 1.54) is 0 Å². The number of hydrogen-bond donors (Lipinski definition) is 2. The van der Waals surface area contributed by atoms with Gasteiger partial charge in [-0.1, -0.05) is 13.8 Å². The fourth-order valence-electron chi connectivity index (χ4n) is 1.27. The summed E-state index contributed by atoms with van der Waals surface area (Å²) in [5.74, 6) is 0.0673. The van der Waals surface area contributed by atoms with Gasteiger partial charge in [-0.2, -0.15) is 0 Å². The molecule has 0 amide bonds. The number of rotatable bonds is 6. The Morgan fingerprint density at radius 1 is 1.39 bits per heavy atom. The van der Waals surface area contributed by atoms with Crippen LogP contribution in [0.2, 0.25) is 0 Å². The molecule has 0 heterocycles. The lowest BCUT2D eigenvalue weighted by molar-refractivity contribution is 0.582. The summed E-state index contributed by atoms with van der Waals surface area (Å²) >= 11 is 5.52. The van der Waals surface area contributed by atoms with E-state index < -0.39 is 10.0 Å². The first-order valence-corrected chi connectivity index (χ1v) is 9.01. The van der Waals surface area contributed by atoms with Crippen molar-refractivity contribution in [1.82, 2.24) is 5.32 Å². The lowest BCUT2D eigenvalue weighted by Crippen LogP contribution is -2.30. The zero-order valence-corrected chi connectivity index (χ0v) is 14.8. The predicted octanol–water partition coefficient (Wildman–Crippen LogP) is 2.79. The average Bonchev–Trinajstić information content (AvgIpc) is 2.22. The summed E-state index contributed by atoms with van der Waals surface area (Å²) in [7, 11) is -3.29. The Kier molecular flexibility index (Phi) is 6.36. The van der Waals surface area contributed by atoms with Gasteiger partial charge in [-0.3, -0.25) is 4.72 Å². The maximum atomic E-state index is 11.8. The molecule has 0 fully saturated rings. The lowest BCUT2D eigenvalue weighted by Gasteiger charge is -2.11. The molecule has 0 bridgehead atoms. The first-order valence-electron chi connectivity index (χ1n) is 5.49. The number of anilines is 1. The summed E-state index contributed by atoms with van der Waals surface area (Å²) in [4.78, 5) is 0. The molecular formula is C11H16BrIN2O2S. The van der Waals surface area contributed by atoms with E-state index in [0.717, 1.165) is 8.04 Å². The third-order valence-electron chi connectivity index (χ3n) is 2.12. The minimum atomic E-state index is -3.29. The number of hydrogen-bond acceptors (Lipinski definition) is 3. The Morgan fingerprint density at radius 3 is 2.61 bits per heavy atom. The highest BCUT2D eigenvalue weighted by Gasteiger charge is 2.11. The van der Waals surface area contributed by atoms with Crippen LogP contribution in [0.15, 0.2) is 22.7 Å². The normalized spacial score (nSPS) is 11.8. The van der Waals surface area contributed by atoms with Gasteiger partial charge in [-0.25, -0.2) is 8.42 Å². The quantitative estimate of drug-likeness (QED) is 0.660. The number of halogens is 2. The monoisotopic (exact) mass is 446 g/mol. The van der Waals surface area contributed by atoms with E-state index in [1.807, 2.05) is 19.9 Å². The van der Waals surface area contributed by atoms with E-state index in [1.54, 1.807) is 12.1 Å². The molecule has 0 unspecified atom stereocenters. The SMILES string of the molecule is CC(C)NCCS(=O)(=O)Nc1ccc(Br)c(I)c1. The van der Waals surface area contributed by atoms with Gasteiger partial charge in [0.2, 0.25) is 10.0 Å². The third kappa shape index (κ3) is 5.85. The minimum Gasteiger partial charge on any atom is -0.313 e. The van der Waals surface area contributed by atoms with Crippen LogP contribution in [0.5, 0.6) is 0 Å². The first kappa shape index (κ1) is 16.2. The molecule has 0 spiro atoms. The summed E-state index contributed by atoms with van der Waals surface area (Å²) in [6.07, 6.45) is 0. The van der Waals surface area contributed by atoms with Crippen molar-refractivity contribution < 1.29 is 8.42 Å². The summed E-state index contributed by atoms with van der Waals surface area (Å²) < 4.78 is 28.1. The van der Waals surface area contributed by atoms with E-state index in [0.29, 0.717) is 12.2 Å². The predicted molar refractivity (Wildman–Crippen MR) is 87.4 cm³/mol. The van der Waals surface area contributed by atoms with Crippen LogP contribution < -0.4 is 10.0 Å². The third-order valence-corrected chi connectivity index (χ3v) is 5.73. The highest BCUT2D eigenvalue weighted by molar-refractivity contribution is 14.1. The molecule has 18 heavy (non-hydrogen) atoms. The topological polar surface area (TPSA) is 58.2 Å². The maximum Gasteiger partial charge on any atom is 0.233 e. The van der Waals surface area contributed by atoms with Crippen molar-refractivity contribution in [2.45, 2.75) is 19.9 Å². The second-order valence-electron chi connectivity index (χ2n) is 4.16. The van der Waals surface area contributed by atoms with Crippen LogP contribution in [0.1, 0.15) is 13.8 Å². The molecule has 4 nitrogen and oxygen atoms in total. The number of benzene rings is 1. The summed E-state index contributed by atoms with van der Waals surface area (Å²) in [6, 6.07) is 5.64. The Labute approximate surface area is 130 Å². The summed E-state index contributed by atoms with van der Waals surface area (Å²) in [5, 5.41) is 3.08. The molecule has 1 aromatic rings. The van der Waals surface area contributed by atoms with Gasteiger partial charge in [0.1, 0.15) is 0 Å². The van der Waals surface area contributed by atoms with Crippen LogP contribution in [-0.2, 0) is 10.0 Å². The summed E-state index contributed by atoms with van der Waals surface area (Å²) in [5.41, 5.74) is 0.590. The Hall–Kier alpha value is 0.140. The summed E-state index contributed by atoms with van der Waals surface area (Å²) in [6.45, 7) is 4.41. The van der Waals surface area contributed by atoms with E-state index in [4.69, 9.17) is 0 Å². The van der Waals surface area contributed by atoms with E-state index >= 15 is 0 Å². The molecule has 0 aliphatic carbocycles. The molecule has 0 aliphatic rings. The second-order valence-corrected chi connectivity index (χ2v) is 8.02. The van der Waals surface area contributed by atoms with Crippen molar-refractivity contribution in [2.24, 2.45) is 0 Å². The van der Waals surface area contributed by atoms with Crippen LogP contribution in [-0.4, -0.2) is 26.8 Å². The molecular weight excluding hydrogens is 431 g/mol. The smallest absolute Gasteiger partial charge is 0.233 e. The second kappa shape index (κ2) is 7.06. The fourth-order valence-corrected chi connectivity index (χ4v) is 3.01. The molecule has 0 saturated carbocycles. The molecule has 0 radical (unpaired) electrons. The van der Waals surface area contributed by atoms with Crippen molar-refractivity contribution in [3.63, 3.8) is 0 Å². The molecule has 1 rings (SSSR count). The van der Waals surface area contributed by atoms with Crippen LogP contribution in [0.4, 0.5) is 5.69 Å². The highest BCUT2D eigenvalue weighted by Crippen LogP contribution is 2.23. The van der Waals surface area contributed by atoms with Gasteiger partial charge in [-0.15, -0.1) is 0 Å². The van der Waals surface area contributed by atoms with Gasteiger partial charge in [0.15, 0.2) is 0 Å². The highest BCUT2D eigenvalue weighted by atomic mass is 127. The minimum absolute atomic E-state index is 0.0673. The van der Waals surface area contributed by atoms with Gasteiger partial charge in [0.25, 0.3) is 0 Å². The Bertz CT molecular complexity index is 506. The van der Waals surface area contributed by atoms with Crippen molar-refractivity contribution in [1.29, 1.82) is 0 Å². The van der Waals surface area contributed by atoms with Crippen molar-refractivity contribution >= 4 is 54.2 Å². The zero-order chi connectivity index (χ0) is 13.8. The maximum absolute atomic E-state index is 11.8. The molecule has 2 N–H and O–H groups in total. The molecule has 0 aliphatic heterocycles. The number of sulfonamides is 1. The molecule has 0 saturated heterocycles. The van der Waals surface area contributed by atoms with Crippen LogP contribution in [0.3, 0.4) is 0 Å². The lowest BCUT2D eigenvalue weighted by atomic mass is 10.3. The van der Waals surface area contributed by atoms with Gasteiger partial charge in [-0.05, 0) is 56.7 Å². The van der Waals surface area contributed by atoms with Gasteiger partial charge in [0, 0.05) is 26.3 Å². The largest absolute Gasteiger partial charge is 0.313 e. The standard InChI is InChI=1S/C11H16BrIN2O2S/c1-8(2)14-5-6-18(16,17)15-9-3-4-10(12)11(13)7-9/h3-4,7-8,14-15H,5-6H2,1-2H3. The molecule has 1 aromatic carbocycles. The average molecular weight is 447 g/mol. The van der Waals surface area contributed by atoms with Gasteiger partial charge >= 0.3 is 0 Å². The first-order chi connectivity index (χ1) is 8.30. The Morgan fingerprint density at radius 2 is 2.06 bits per heavy atom. The van der Waals surface area contributed by atoms with Crippen molar-refractivity contribution in [3.05, 3.63) is 26.2 Å². The molecule has 102 valence electrons. The van der Waals surface area contributed by atoms with Gasteiger partial charge < -0.3 is 5.32 Å². The molecule has 0 aromatic heterocycles. The zero-order valence-electron chi connectivity index (χ0n) is 10.2. The van der Waals surface area contributed by atoms with Gasteiger partial charge in [0.05, 0.1) is 5.75 Å². The van der Waals surface area contributed by atoms with E-state index in [9.17, 15) is 8.42 Å². The fraction of sp³-hybridized carbons (Fsp3) is 0.455.